The number of aromatic nitrogens is 2. The monoisotopic (exact) mass is 235 g/mol. The molecule has 1 saturated carbocycles. The van der Waals surface area contributed by atoms with Crippen LogP contribution in [0.5, 0.6) is 0 Å². The van der Waals surface area contributed by atoms with Gasteiger partial charge in [-0.05, 0) is 39.2 Å². The Labute approximate surface area is 102 Å². The van der Waals surface area contributed by atoms with Crippen LogP contribution in [0.1, 0.15) is 31.3 Å². The van der Waals surface area contributed by atoms with Gasteiger partial charge in [0.05, 0.1) is 0 Å². The molecule has 1 fully saturated rings. The lowest BCUT2D eigenvalue weighted by molar-refractivity contribution is 0.428. The third-order valence-electron chi connectivity index (χ3n) is 3.15. The molecule has 0 saturated heterocycles. The molecule has 1 aliphatic rings. The molecule has 0 aliphatic heterocycles. The van der Waals surface area contributed by atoms with Crippen molar-refractivity contribution >= 4 is 0 Å². The van der Waals surface area contributed by atoms with Gasteiger partial charge >= 0.3 is 0 Å². The fourth-order valence-electron chi connectivity index (χ4n) is 2.02. The third-order valence-corrected chi connectivity index (χ3v) is 3.15. The van der Waals surface area contributed by atoms with E-state index in [4.69, 9.17) is 0 Å². The van der Waals surface area contributed by atoms with Crippen LogP contribution in [0.3, 0.4) is 0 Å². The molecule has 1 aliphatic carbocycles. The van der Waals surface area contributed by atoms with Crippen LogP contribution < -0.4 is 10.9 Å². The summed E-state index contributed by atoms with van der Waals surface area (Å²) in [5.74, 6) is 1.27. The molecule has 4 nitrogen and oxygen atoms in total. The van der Waals surface area contributed by atoms with E-state index in [0.717, 1.165) is 30.6 Å². The molecule has 1 atom stereocenters. The van der Waals surface area contributed by atoms with E-state index in [1.54, 1.807) is 10.6 Å². The average molecular weight is 235 g/mol. The van der Waals surface area contributed by atoms with Gasteiger partial charge in [-0.2, -0.15) is 0 Å². The van der Waals surface area contributed by atoms with Gasteiger partial charge < -0.3 is 5.32 Å². The minimum atomic E-state index is 0.0632. The highest BCUT2D eigenvalue weighted by Gasteiger charge is 2.21. The Morgan fingerprint density at radius 1 is 1.53 bits per heavy atom. The summed E-state index contributed by atoms with van der Waals surface area (Å²) in [6, 6.07) is 2.33. The predicted molar refractivity (Wildman–Crippen MR) is 68.2 cm³/mol. The van der Waals surface area contributed by atoms with Crippen LogP contribution in [0.2, 0.25) is 0 Å². The van der Waals surface area contributed by atoms with Crippen LogP contribution in [0.15, 0.2) is 10.9 Å². The van der Waals surface area contributed by atoms with Crippen LogP contribution in [-0.2, 0) is 6.54 Å². The topological polar surface area (TPSA) is 46.9 Å². The summed E-state index contributed by atoms with van der Waals surface area (Å²) in [4.78, 5) is 16.2. The molecule has 1 N–H and O–H groups in total. The van der Waals surface area contributed by atoms with Gasteiger partial charge in [0.1, 0.15) is 5.82 Å². The molecule has 0 spiro atoms. The highest BCUT2D eigenvalue weighted by molar-refractivity contribution is 5.01. The Morgan fingerprint density at radius 2 is 2.24 bits per heavy atom. The van der Waals surface area contributed by atoms with E-state index in [2.05, 4.69) is 17.2 Å². The predicted octanol–water partition coefficient (Wildman–Crippen LogP) is 1.25. The van der Waals surface area contributed by atoms with Crippen LogP contribution in [0, 0.1) is 19.8 Å². The highest BCUT2D eigenvalue weighted by Crippen LogP contribution is 2.18. The Hall–Kier alpha value is -1.16. The second-order valence-corrected chi connectivity index (χ2v) is 5.18. The summed E-state index contributed by atoms with van der Waals surface area (Å²) in [5.41, 5.74) is 0.862. The number of aryl methyl sites for hydroxylation is 2. The fraction of sp³-hybridized carbons (Fsp3) is 0.692. The van der Waals surface area contributed by atoms with Crippen molar-refractivity contribution in [3.05, 3.63) is 27.9 Å². The molecule has 2 rings (SSSR count). The third kappa shape index (κ3) is 3.40. The molecule has 1 heterocycles. The van der Waals surface area contributed by atoms with Crippen molar-refractivity contribution in [2.45, 2.75) is 46.2 Å². The van der Waals surface area contributed by atoms with Crippen LogP contribution in [0.25, 0.3) is 0 Å². The largest absolute Gasteiger partial charge is 0.314 e. The molecule has 17 heavy (non-hydrogen) atoms. The first-order valence-corrected chi connectivity index (χ1v) is 6.34. The first kappa shape index (κ1) is 12.3. The summed E-state index contributed by atoms with van der Waals surface area (Å²) >= 11 is 0. The summed E-state index contributed by atoms with van der Waals surface area (Å²) in [7, 11) is 0. The highest BCUT2D eigenvalue weighted by atomic mass is 16.1. The van der Waals surface area contributed by atoms with Crippen molar-refractivity contribution in [3.63, 3.8) is 0 Å². The lowest BCUT2D eigenvalue weighted by Crippen LogP contribution is -2.31. The normalized spacial score (nSPS) is 17.1. The van der Waals surface area contributed by atoms with Gasteiger partial charge in [-0.1, -0.05) is 6.92 Å². The molecule has 0 amide bonds. The molecule has 0 bridgehead atoms. The van der Waals surface area contributed by atoms with Gasteiger partial charge in [0.2, 0.25) is 0 Å². The molecule has 4 heteroatoms. The lowest BCUT2D eigenvalue weighted by Gasteiger charge is -2.16. The molecule has 1 unspecified atom stereocenters. The zero-order valence-corrected chi connectivity index (χ0v) is 10.9. The van der Waals surface area contributed by atoms with Crippen molar-refractivity contribution < 1.29 is 0 Å². The van der Waals surface area contributed by atoms with E-state index < -0.39 is 0 Å². The van der Waals surface area contributed by atoms with E-state index in [1.165, 1.54) is 12.8 Å². The summed E-state index contributed by atoms with van der Waals surface area (Å²) < 4.78 is 1.77. The quantitative estimate of drug-likeness (QED) is 0.835. The fourth-order valence-corrected chi connectivity index (χ4v) is 2.02. The van der Waals surface area contributed by atoms with Crippen LogP contribution >= 0.6 is 0 Å². The van der Waals surface area contributed by atoms with Gasteiger partial charge in [-0.15, -0.1) is 0 Å². The van der Waals surface area contributed by atoms with Crippen LogP contribution in [-0.4, -0.2) is 22.1 Å². The average Bonchev–Trinajstić information content (AvgIpc) is 3.04. The van der Waals surface area contributed by atoms with E-state index in [0.29, 0.717) is 5.92 Å². The van der Waals surface area contributed by atoms with Gasteiger partial charge in [0, 0.05) is 24.3 Å². The molecular formula is C13H21N3O. The van der Waals surface area contributed by atoms with E-state index in [-0.39, 0.29) is 5.56 Å². The number of nitrogens with zero attached hydrogens (tertiary/aromatic N) is 2. The Bertz CT molecular complexity index is 448. The Kier molecular flexibility index (Phi) is 3.62. The number of hydrogen-bond donors (Lipinski definition) is 1. The van der Waals surface area contributed by atoms with Gasteiger partial charge in [-0.25, -0.2) is 4.98 Å². The minimum Gasteiger partial charge on any atom is -0.314 e. The first-order valence-electron chi connectivity index (χ1n) is 6.34. The SMILES string of the molecule is Cc1cc(=O)n(CC(C)CNC2CC2)c(C)n1. The zero-order chi connectivity index (χ0) is 12.4. The summed E-state index contributed by atoms with van der Waals surface area (Å²) in [5, 5.41) is 3.49. The zero-order valence-electron chi connectivity index (χ0n) is 10.9. The van der Waals surface area contributed by atoms with E-state index >= 15 is 0 Å². The first-order chi connectivity index (χ1) is 8.06. The Balaban J connectivity index is 1.99. The Morgan fingerprint density at radius 3 is 2.82 bits per heavy atom. The van der Waals surface area contributed by atoms with Gasteiger partial charge in [0.25, 0.3) is 5.56 Å². The standard InChI is InChI=1S/C13H21N3O/c1-9(7-14-12-4-5-12)8-16-11(3)15-10(2)6-13(16)17/h6,9,12,14H,4-5,7-8H2,1-3H3. The van der Waals surface area contributed by atoms with Gasteiger partial charge in [0.15, 0.2) is 0 Å². The summed E-state index contributed by atoms with van der Waals surface area (Å²) in [6.07, 6.45) is 2.61. The van der Waals surface area contributed by atoms with Crippen LogP contribution in [0.4, 0.5) is 0 Å². The summed E-state index contributed by atoms with van der Waals surface area (Å²) in [6.45, 7) is 7.65. The smallest absolute Gasteiger partial charge is 0.253 e. The number of rotatable bonds is 5. The molecular weight excluding hydrogens is 214 g/mol. The van der Waals surface area contributed by atoms with Crippen molar-refractivity contribution in [1.29, 1.82) is 0 Å². The van der Waals surface area contributed by atoms with Gasteiger partial charge in [-0.3, -0.25) is 9.36 Å². The van der Waals surface area contributed by atoms with Crippen molar-refractivity contribution in [3.8, 4) is 0 Å². The lowest BCUT2D eigenvalue weighted by atomic mass is 10.1. The maximum Gasteiger partial charge on any atom is 0.253 e. The van der Waals surface area contributed by atoms with E-state index in [1.807, 2.05) is 13.8 Å². The maximum absolute atomic E-state index is 11.8. The number of hydrogen-bond acceptors (Lipinski definition) is 3. The molecule has 0 aromatic carbocycles. The minimum absolute atomic E-state index is 0.0632. The second-order valence-electron chi connectivity index (χ2n) is 5.18. The second kappa shape index (κ2) is 5.00. The molecule has 1 aromatic rings. The van der Waals surface area contributed by atoms with Crippen molar-refractivity contribution in [1.82, 2.24) is 14.9 Å². The van der Waals surface area contributed by atoms with Crippen molar-refractivity contribution in [2.75, 3.05) is 6.54 Å². The maximum atomic E-state index is 11.8. The molecule has 94 valence electrons. The molecule has 0 radical (unpaired) electrons. The van der Waals surface area contributed by atoms with Crippen molar-refractivity contribution in [2.24, 2.45) is 5.92 Å². The molecule has 1 aromatic heterocycles. The van der Waals surface area contributed by atoms with E-state index in [9.17, 15) is 4.79 Å². The number of nitrogens with one attached hydrogen (secondary N) is 1.